The number of rotatable bonds is 3. The third-order valence-corrected chi connectivity index (χ3v) is 5.00. The Labute approximate surface area is 192 Å². The number of hydrogen-bond donors (Lipinski definition) is 1. The molecule has 1 N–H and O–H groups in total. The van der Waals surface area contributed by atoms with Gasteiger partial charge in [-0.3, -0.25) is 9.78 Å². The minimum Gasteiger partial charge on any atom is -0.512 e. The molecule has 0 atom stereocenters. The van der Waals surface area contributed by atoms with Gasteiger partial charge in [-0.25, -0.2) is 4.39 Å². The molecule has 0 aliphatic rings. The molecule has 4 aromatic rings. The Morgan fingerprint density at radius 2 is 1.83 bits per heavy atom. The minimum atomic E-state index is -0.218. The van der Waals surface area contributed by atoms with Crippen LogP contribution in [0.3, 0.4) is 0 Å². The van der Waals surface area contributed by atoms with Crippen LogP contribution in [-0.2, 0) is 24.9 Å². The number of ketones is 1. The first-order valence-electron chi connectivity index (χ1n) is 8.94. The molecule has 0 saturated heterocycles. The standard InChI is InChI=1S/C19H11FNS.C5H8O2.Ir/c20-16-9-6-14(7-10-16)18-12-15-8-11-17(21-19(15)22-18)13-4-2-1-3-5-13;1-4(6)3-5(2)7;/h1-4,6-12H;3,6H,1-2H3;/q-1;;/b;4-3-;. The Balaban J connectivity index is 0.000000350. The van der Waals surface area contributed by atoms with Crippen LogP contribution >= 0.6 is 11.3 Å². The number of aliphatic hydroxyl groups excluding tert-OH is 1. The Morgan fingerprint density at radius 3 is 2.40 bits per heavy atom. The summed E-state index contributed by atoms with van der Waals surface area (Å²) in [5.41, 5.74) is 2.92. The number of thiophene rings is 1. The van der Waals surface area contributed by atoms with E-state index in [2.05, 4.69) is 18.2 Å². The minimum absolute atomic E-state index is 0. The Kier molecular flexibility index (Phi) is 8.60. The summed E-state index contributed by atoms with van der Waals surface area (Å²) in [6, 6.07) is 23.8. The second-order valence-corrected chi connectivity index (χ2v) is 7.41. The number of halogens is 1. The zero-order valence-corrected chi connectivity index (χ0v) is 19.6. The normalized spacial score (nSPS) is 10.7. The molecule has 0 aliphatic carbocycles. The summed E-state index contributed by atoms with van der Waals surface area (Å²) < 4.78 is 13.0. The number of hydrogen-bond acceptors (Lipinski definition) is 4. The van der Waals surface area contributed by atoms with Crippen LogP contribution in [0.4, 0.5) is 4.39 Å². The number of aliphatic hydroxyl groups is 1. The molecule has 0 unspecified atom stereocenters. The monoisotopic (exact) mass is 597 g/mol. The van der Waals surface area contributed by atoms with Crippen molar-refractivity contribution in [1.82, 2.24) is 4.98 Å². The molecule has 4 rings (SSSR count). The van der Waals surface area contributed by atoms with Gasteiger partial charge in [-0.2, -0.15) is 0 Å². The third kappa shape index (κ3) is 6.42. The van der Waals surface area contributed by atoms with Crippen molar-refractivity contribution in [1.29, 1.82) is 0 Å². The molecule has 6 heteroatoms. The van der Waals surface area contributed by atoms with Crippen molar-refractivity contribution in [3.63, 3.8) is 0 Å². The molecular weight excluding hydrogens is 578 g/mol. The van der Waals surface area contributed by atoms with E-state index in [-0.39, 0.29) is 37.5 Å². The van der Waals surface area contributed by atoms with Crippen LogP contribution in [0.15, 0.2) is 78.6 Å². The van der Waals surface area contributed by atoms with Crippen molar-refractivity contribution in [2.45, 2.75) is 13.8 Å². The summed E-state index contributed by atoms with van der Waals surface area (Å²) >= 11 is 1.62. The van der Waals surface area contributed by atoms with Crippen molar-refractivity contribution in [3.05, 3.63) is 90.4 Å². The van der Waals surface area contributed by atoms with E-state index in [1.807, 2.05) is 30.3 Å². The van der Waals surface area contributed by atoms with E-state index in [4.69, 9.17) is 10.1 Å². The van der Waals surface area contributed by atoms with Gasteiger partial charge in [0.1, 0.15) is 10.6 Å². The van der Waals surface area contributed by atoms with Crippen LogP contribution in [0.1, 0.15) is 13.8 Å². The predicted molar refractivity (Wildman–Crippen MR) is 116 cm³/mol. The van der Waals surface area contributed by atoms with Crippen molar-refractivity contribution in [2.75, 3.05) is 0 Å². The van der Waals surface area contributed by atoms with Gasteiger partial charge in [0.2, 0.25) is 0 Å². The van der Waals surface area contributed by atoms with Crippen LogP contribution in [0.25, 0.3) is 31.9 Å². The third-order valence-electron chi connectivity index (χ3n) is 3.91. The molecule has 0 bridgehead atoms. The largest absolute Gasteiger partial charge is 0.512 e. The van der Waals surface area contributed by atoms with Crippen molar-refractivity contribution in [2.24, 2.45) is 0 Å². The average molecular weight is 597 g/mol. The first-order valence-corrected chi connectivity index (χ1v) is 9.75. The van der Waals surface area contributed by atoms with Crippen molar-refractivity contribution < 1.29 is 34.4 Å². The van der Waals surface area contributed by atoms with E-state index in [1.54, 1.807) is 23.5 Å². The summed E-state index contributed by atoms with van der Waals surface area (Å²) in [6.07, 6.45) is 1.17. The van der Waals surface area contributed by atoms with E-state index in [0.717, 1.165) is 31.9 Å². The van der Waals surface area contributed by atoms with Gasteiger partial charge in [0.15, 0.2) is 5.78 Å². The van der Waals surface area contributed by atoms with Crippen molar-refractivity contribution >= 4 is 27.3 Å². The van der Waals surface area contributed by atoms with Crippen LogP contribution in [0, 0.1) is 11.9 Å². The molecule has 2 aromatic carbocycles. The number of pyridine rings is 1. The topological polar surface area (TPSA) is 50.2 Å². The zero-order valence-electron chi connectivity index (χ0n) is 16.4. The van der Waals surface area contributed by atoms with Crippen LogP contribution in [-0.4, -0.2) is 15.9 Å². The molecule has 2 heterocycles. The number of aromatic nitrogens is 1. The second-order valence-electron chi connectivity index (χ2n) is 6.38. The van der Waals surface area contributed by atoms with Gasteiger partial charge in [-0.15, -0.1) is 47.2 Å². The van der Waals surface area contributed by atoms with Gasteiger partial charge in [-0.1, -0.05) is 24.3 Å². The molecule has 3 nitrogen and oxygen atoms in total. The van der Waals surface area contributed by atoms with Gasteiger partial charge in [-0.05, 0) is 43.3 Å². The molecule has 1 radical (unpaired) electrons. The Morgan fingerprint density at radius 1 is 1.10 bits per heavy atom. The number of fused-ring (bicyclic) bond motifs is 1. The summed E-state index contributed by atoms with van der Waals surface area (Å²) in [5, 5.41) is 9.46. The molecule has 2 aromatic heterocycles. The van der Waals surface area contributed by atoms with E-state index >= 15 is 0 Å². The fraction of sp³-hybridized carbons (Fsp3) is 0.0833. The Bertz CT molecular complexity index is 1150. The maximum absolute atomic E-state index is 13.0. The van der Waals surface area contributed by atoms with Crippen LogP contribution in [0.2, 0.25) is 0 Å². The van der Waals surface area contributed by atoms with Gasteiger partial charge in [0, 0.05) is 36.4 Å². The molecular formula is C24H19FIrNO2S-. The van der Waals surface area contributed by atoms with Crippen LogP contribution < -0.4 is 0 Å². The number of benzene rings is 2. The van der Waals surface area contributed by atoms with E-state index in [9.17, 15) is 9.18 Å². The molecule has 0 spiro atoms. The first kappa shape index (κ1) is 23.6. The van der Waals surface area contributed by atoms with E-state index in [1.165, 1.54) is 32.1 Å². The SMILES string of the molecule is CC(=O)/C=C(/C)O.Fc1ccc(-c2cc3ccc(-c4[c-]cccc4)nc3s2)cc1.[Ir]. The van der Waals surface area contributed by atoms with Gasteiger partial charge in [0.05, 0.1) is 5.76 Å². The number of nitrogens with zero attached hydrogens (tertiary/aromatic N) is 1. The molecule has 0 aliphatic heterocycles. The maximum atomic E-state index is 13.0. The molecule has 0 fully saturated rings. The summed E-state index contributed by atoms with van der Waals surface area (Å²) in [6.45, 7) is 2.85. The molecule has 0 amide bonds. The second kappa shape index (κ2) is 10.9. The van der Waals surface area contributed by atoms with Crippen LogP contribution in [0.5, 0.6) is 0 Å². The zero-order chi connectivity index (χ0) is 20.8. The van der Waals surface area contributed by atoms with E-state index < -0.39 is 0 Å². The summed E-state index contributed by atoms with van der Waals surface area (Å²) in [4.78, 5) is 16.8. The maximum Gasteiger partial charge on any atom is 0.155 e. The summed E-state index contributed by atoms with van der Waals surface area (Å²) in [7, 11) is 0. The average Bonchev–Trinajstić information content (AvgIpc) is 3.12. The van der Waals surface area contributed by atoms with Crippen molar-refractivity contribution in [3.8, 4) is 21.7 Å². The number of carbonyl (C=O) groups excluding carboxylic acids is 1. The smallest absolute Gasteiger partial charge is 0.155 e. The fourth-order valence-electron chi connectivity index (χ4n) is 2.67. The quantitative estimate of drug-likeness (QED) is 0.165. The van der Waals surface area contributed by atoms with Gasteiger partial charge in [0.25, 0.3) is 0 Å². The molecule has 0 saturated carbocycles. The van der Waals surface area contributed by atoms with E-state index in [0.29, 0.717) is 0 Å². The first-order chi connectivity index (χ1) is 13.9. The molecule has 155 valence electrons. The Hall–Kier alpha value is -2.66. The fourth-order valence-corrected chi connectivity index (χ4v) is 3.71. The summed E-state index contributed by atoms with van der Waals surface area (Å²) in [5.74, 6) is -0.280. The van der Waals surface area contributed by atoms with Gasteiger partial charge >= 0.3 is 0 Å². The number of allylic oxidation sites excluding steroid dienone is 2. The number of carbonyl (C=O) groups is 1. The van der Waals surface area contributed by atoms with Gasteiger partial charge < -0.3 is 5.11 Å². The molecule has 30 heavy (non-hydrogen) atoms. The predicted octanol–water partition coefficient (Wildman–Crippen LogP) is 6.60.